The molecule has 2 amide bonds. The Morgan fingerprint density at radius 1 is 1.12 bits per heavy atom. The van der Waals surface area contributed by atoms with E-state index in [1.54, 1.807) is 26.0 Å². The van der Waals surface area contributed by atoms with Gasteiger partial charge in [-0.3, -0.25) is 14.9 Å². The molecule has 26 heavy (non-hydrogen) atoms. The molecule has 0 aliphatic rings. The zero-order valence-corrected chi connectivity index (χ0v) is 16.1. The molecule has 0 spiro atoms. The van der Waals surface area contributed by atoms with Gasteiger partial charge in [0, 0.05) is 11.5 Å². The lowest BCUT2D eigenvalue weighted by molar-refractivity contribution is -0.129. The van der Waals surface area contributed by atoms with Gasteiger partial charge >= 0.3 is 0 Å². The van der Waals surface area contributed by atoms with Crippen molar-refractivity contribution in [3.63, 3.8) is 0 Å². The van der Waals surface area contributed by atoms with Gasteiger partial charge in [-0.25, -0.2) is 4.39 Å². The number of nitrogens with one attached hydrogen (secondary N) is 2. The number of amides is 2. The first-order valence-electron chi connectivity index (χ1n) is 8.52. The number of hydrogen-bond acceptors (Lipinski definition) is 5. The molecule has 0 aliphatic carbocycles. The number of halogens is 1. The van der Waals surface area contributed by atoms with E-state index in [1.165, 1.54) is 23.5 Å². The fourth-order valence-electron chi connectivity index (χ4n) is 2.19. The summed E-state index contributed by atoms with van der Waals surface area (Å²) >= 11 is 1.19. The summed E-state index contributed by atoms with van der Waals surface area (Å²) in [6.45, 7) is 7.43. The average molecular weight is 378 g/mol. The van der Waals surface area contributed by atoms with Crippen LogP contribution in [0, 0.1) is 17.7 Å². The van der Waals surface area contributed by atoms with Crippen molar-refractivity contribution in [1.29, 1.82) is 0 Å². The second-order valence-corrected chi connectivity index (χ2v) is 7.41. The molecule has 140 valence electrons. The standard InChI is InChI=1S/C18H23FN4O2S/c1-5-11(4)14(20-15(24)10(2)3)16(25)21-18-23-22-17(26-18)12-6-8-13(19)9-7-12/h6-11,14H,5H2,1-4H3,(H,20,24)(H,21,23,25)/t11-,14-/m0/s1. The van der Waals surface area contributed by atoms with Crippen LogP contribution >= 0.6 is 11.3 Å². The summed E-state index contributed by atoms with van der Waals surface area (Å²) in [6.07, 6.45) is 0.743. The zero-order chi connectivity index (χ0) is 19.3. The Morgan fingerprint density at radius 2 is 1.77 bits per heavy atom. The van der Waals surface area contributed by atoms with Gasteiger partial charge in [-0.1, -0.05) is 45.5 Å². The number of nitrogens with zero attached hydrogens (tertiary/aromatic N) is 2. The van der Waals surface area contributed by atoms with E-state index in [9.17, 15) is 14.0 Å². The number of benzene rings is 1. The smallest absolute Gasteiger partial charge is 0.249 e. The van der Waals surface area contributed by atoms with Crippen molar-refractivity contribution in [2.24, 2.45) is 11.8 Å². The van der Waals surface area contributed by atoms with Crippen LogP contribution in [-0.2, 0) is 9.59 Å². The number of anilines is 1. The van der Waals surface area contributed by atoms with Gasteiger partial charge < -0.3 is 5.32 Å². The maximum absolute atomic E-state index is 13.0. The summed E-state index contributed by atoms with van der Waals surface area (Å²) in [4.78, 5) is 24.6. The Morgan fingerprint density at radius 3 is 2.35 bits per heavy atom. The highest BCUT2D eigenvalue weighted by Crippen LogP contribution is 2.26. The summed E-state index contributed by atoms with van der Waals surface area (Å²) in [6, 6.07) is 5.25. The normalized spacial score (nSPS) is 13.3. The zero-order valence-electron chi connectivity index (χ0n) is 15.2. The summed E-state index contributed by atoms with van der Waals surface area (Å²) in [5, 5.41) is 14.4. The molecule has 0 fully saturated rings. The molecule has 1 aromatic heterocycles. The van der Waals surface area contributed by atoms with E-state index in [2.05, 4.69) is 20.8 Å². The first kappa shape index (κ1) is 20.0. The quantitative estimate of drug-likeness (QED) is 0.773. The van der Waals surface area contributed by atoms with Crippen molar-refractivity contribution in [3.8, 4) is 10.6 Å². The maximum Gasteiger partial charge on any atom is 0.249 e. The Bertz CT molecular complexity index is 761. The molecular weight excluding hydrogens is 355 g/mol. The van der Waals surface area contributed by atoms with Crippen LogP contribution in [0.25, 0.3) is 10.6 Å². The Labute approximate surface area is 156 Å². The predicted octanol–water partition coefficient (Wildman–Crippen LogP) is 3.47. The van der Waals surface area contributed by atoms with Gasteiger partial charge in [0.25, 0.3) is 0 Å². The highest BCUT2D eigenvalue weighted by molar-refractivity contribution is 7.18. The van der Waals surface area contributed by atoms with Gasteiger partial charge in [0.2, 0.25) is 16.9 Å². The highest BCUT2D eigenvalue weighted by Gasteiger charge is 2.27. The Hall–Kier alpha value is -2.35. The third-order valence-electron chi connectivity index (χ3n) is 4.06. The Balaban J connectivity index is 2.11. The van der Waals surface area contributed by atoms with Crippen molar-refractivity contribution < 1.29 is 14.0 Å². The highest BCUT2D eigenvalue weighted by atomic mass is 32.1. The first-order valence-corrected chi connectivity index (χ1v) is 9.34. The van der Waals surface area contributed by atoms with Gasteiger partial charge in [-0.2, -0.15) is 0 Å². The van der Waals surface area contributed by atoms with Crippen molar-refractivity contribution in [2.75, 3.05) is 5.32 Å². The van der Waals surface area contributed by atoms with E-state index in [0.717, 1.165) is 12.0 Å². The van der Waals surface area contributed by atoms with Crippen molar-refractivity contribution in [1.82, 2.24) is 15.5 Å². The maximum atomic E-state index is 13.0. The second kappa shape index (κ2) is 8.84. The number of carbonyl (C=O) groups is 2. The fourth-order valence-corrected chi connectivity index (χ4v) is 2.94. The average Bonchev–Trinajstić information content (AvgIpc) is 3.07. The minimum Gasteiger partial charge on any atom is -0.344 e. The predicted molar refractivity (Wildman–Crippen MR) is 100 cm³/mol. The molecule has 1 heterocycles. The first-order chi connectivity index (χ1) is 12.3. The van der Waals surface area contributed by atoms with E-state index >= 15 is 0 Å². The van der Waals surface area contributed by atoms with E-state index in [0.29, 0.717) is 10.1 Å². The lowest BCUT2D eigenvalue weighted by atomic mass is 9.97. The minimum atomic E-state index is -0.645. The molecule has 0 unspecified atom stereocenters. The monoisotopic (exact) mass is 378 g/mol. The molecule has 8 heteroatoms. The molecule has 1 aromatic carbocycles. The number of aromatic nitrogens is 2. The number of rotatable bonds is 7. The molecular formula is C18H23FN4O2S. The molecule has 0 saturated heterocycles. The molecule has 2 aromatic rings. The van der Waals surface area contributed by atoms with Crippen molar-refractivity contribution >= 4 is 28.3 Å². The third kappa shape index (κ3) is 5.08. The second-order valence-electron chi connectivity index (χ2n) is 6.44. The summed E-state index contributed by atoms with van der Waals surface area (Å²) < 4.78 is 13.0. The van der Waals surface area contributed by atoms with Gasteiger partial charge in [0.15, 0.2) is 0 Å². The lowest BCUT2D eigenvalue weighted by Crippen LogP contribution is -2.48. The molecule has 0 radical (unpaired) electrons. The topological polar surface area (TPSA) is 84.0 Å². The molecule has 2 rings (SSSR count). The molecule has 2 N–H and O–H groups in total. The molecule has 0 bridgehead atoms. The molecule has 6 nitrogen and oxygen atoms in total. The molecule has 0 saturated carbocycles. The van der Waals surface area contributed by atoms with Crippen LogP contribution in [0.4, 0.5) is 9.52 Å². The van der Waals surface area contributed by atoms with E-state index in [4.69, 9.17) is 0 Å². The van der Waals surface area contributed by atoms with Crippen LogP contribution in [0.1, 0.15) is 34.1 Å². The lowest BCUT2D eigenvalue weighted by Gasteiger charge is -2.23. The van der Waals surface area contributed by atoms with Gasteiger partial charge in [0.1, 0.15) is 16.9 Å². The van der Waals surface area contributed by atoms with Crippen LogP contribution in [0.15, 0.2) is 24.3 Å². The van der Waals surface area contributed by atoms with Crippen LogP contribution in [0.5, 0.6) is 0 Å². The van der Waals surface area contributed by atoms with Crippen LogP contribution < -0.4 is 10.6 Å². The van der Waals surface area contributed by atoms with Crippen molar-refractivity contribution in [2.45, 2.75) is 40.2 Å². The minimum absolute atomic E-state index is 0.0257. The number of hydrogen-bond donors (Lipinski definition) is 2. The van der Waals surface area contributed by atoms with Gasteiger partial charge in [0.05, 0.1) is 0 Å². The summed E-state index contributed by atoms with van der Waals surface area (Å²) in [7, 11) is 0. The third-order valence-corrected chi connectivity index (χ3v) is 4.95. The van der Waals surface area contributed by atoms with Gasteiger partial charge in [-0.15, -0.1) is 10.2 Å². The summed E-state index contributed by atoms with van der Waals surface area (Å²) in [5.41, 5.74) is 0.719. The van der Waals surface area contributed by atoms with Crippen LogP contribution in [0.3, 0.4) is 0 Å². The van der Waals surface area contributed by atoms with Crippen LogP contribution in [-0.4, -0.2) is 28.1 Å². The fraction of sp³-hybridized carbons (Fsp3) is 0.444. The van der Waals surface area contributed by atoms with Crippen molar-refractivity contribution in [3.05, 3.63) is 30.1 Å². The van der Waals surface area contributed by atoms with E-state index in [-0.39, 0.29) is 29.5 Å². The number of carbonyl (C=O) groups excluding carboxylic acids is 2. The molecule has 2 atom stereocenters. The Kier molecular flexibility index (Phi) is 6.79. The summed E-state index contributed by atoms with van der Waals surface area (Å²) in [5.74, 6) is -1.06. The van der Waals surface area contributed by atoms with E-state index < -0.39 is 6.04 Å². The SMILES string of the molecule is CC[C@H](C)[C@H](NC(=O)C(C)C)C(=O)Nc1nnc(-c2ccc(F)cc2)s1. The van der Waals surface area contributed by atoms with Gasteiger partial charge in [-0.05, 0) is 30.2 Å². The van der Waals surface area contributed by atoms with Crippen LogP contribution in [0.2, 0.25) is 0 Å². The largest absolute Gasteiger partial charge is 0.344 e. The molecule has 0 aliphatic heterocycles. The van der Waals surface area contributed by atoms with E-state index in [1.807, 2.05) is 13.8 Å².